The highest BCUT2D eigenvalue weighted by atomic mass is 32.1. The van der Waals surface area contributed by atoms with Gasteiger partial charge in [0.2, 0.25) is 4.96 Å². The predicted octanol–water partition coefficient (Wildman–Crippen LogP) is 3.19. The van der Waals surface area contributed by atoms with Crippen molar-refractivity contribution in [3.8, 4) is 22.1 Å². The normalized spacial score (nSPS) is 10.8. The Hall–Kier alpha value is -3.46. The number of amides is 1. The van der Waals surface area contributed by atoms with E-state index in [1.807, 2.05) is 43.3 Å². The highest BCUT2D eigenvalue weighted by Gasteiger charge is 2.13. The summed E-state index contributed by atoms with van der Waals surface area (Å²) < 4.78 is 12.6. The number of aromatic nitrogens is 4. The van der Waals surface area contributed by atoms with E-state index < -0.39 is 0 Å². The number of carbonyl (C=O) groups is 1. The molecule has 0 bridgehead atoms. The molecule has 4 rings (SSSR count). The largest absolute Gasteiger partial charge is 0.495 e. The van der Waals surface area contributed by atoms with Gasteiger partial charge in [0.25, 0.3) is 5.91 Å². The smallest absolute Gasteiger partial charge is 0.262 e. The summed E-state index contributed by atoms with van der Waals surface area (Å²) in [4.78, 5) is 13.1. The molecule has 9 heteroatoms. The van der Waals surface area contributed by atoms with Crippen LogP contribution in [0.4, 0.5) is 5.69 Å². The molecule has 0 aliphatic rings. The summed E-state index contributed by atoms with van der Waals surface area (Å²) in [7, 11) is 1.55. The second kappa shape index (κ2) is 7.65. The fourth-order valence-electron chi connectivity index (χ4n) is 2.66. The van der Waals surface area contributed by atoms with Crippen LogP contribution in [0.15, 0.2) is 48.8 Å². The van der Waals surface area contributed by atoms with Crippen LogP contribution in [0, 0.1) is 6.92 Å². The number of methoxy groups -OCH3 is 1. The number of rotatable bonds is 6. The number of carbonyl (C=O) groups excluding carboxylic acids is 1. The Morgan fingerprint density at radius 1 is 1.21 bits per heavy atom. The van der Waals surface area contributed by atoms with Crippen LogP contribution in [0.3, 0.4) is 0 Å². The summed E-state index contributed by atoms with van der Waals surface area (Å²) >= 11 is 1.41. The van der Waals surface area contributed by atoms with Gasteiger partial charge in [-0.1, -0.05) is 29.5 Å². The van der Waals surface area contributed by atoms with Crippen LogP contribution in [0.25, 0.3) is 15.5 Å². The number of hydrogen-bond acceptors (Lipinski definition) is 7. The first-order valence-electron chi connectivity index (χ1n) is 8.47. The molecule has 2 heterocycles. The lowest BCUT2D eigenvalue weighted by atomic mass is 10.2. The van der Waals surface area contributed by atoms with Crippen LogP contribution < -0.4 is 14.8 Å². The van der Waals surface area contributed by atoms with Gasteiger partial charge in [-0.05, 0) is 36.8 Å². The zero-order valence-corrected chi connectivity index (χ0v) is 16.1. The molecule has 1 amide bonds. The zero-order valence-electron chi connectivity index (χ0n) is 15.2. The van der Waals surface area contributed by atoms with Crippen LogP contribution in [-0.2, 0) is 4.79 Å². The third-order valence-electron chi connectivity index (χ3n) is 4.06. The SMILES string of the molecule is COc1ccc(-c2nn3cnnc3s2)cc1NC(=O)COc1ccccc1C. The van der Waals surface area contributed by atoms with E-state index in [0.29, 0.717) is 22.1 Å². The third-order valence-corrected chi connectivity index (χ3v) is 5.02. The van der Waals surface area contributed by atoms with Gasteiger partial charge >= 0.3 is 0 Å². The minimum atomic E-state index is -0.281. The monoisotopic (exact) mass is 395 g/mol. The van der Waals surface area contributed by atoms with Gasteiger partial charge in [0.1, 0.15) is 22.8 Å². The molecule has 0 unspecified atom stereocenters. The molecule has 8 nitrogen and oxygen atoms in total. The molecule has 0 saturated heterocycles. The average Bonchev–Trinajstić information content (AvgIpc) is 3.29. The van der Waals surface area contributed by atoms with Crippen LogP contribution >= 0.6 is 11.3 Å². The molecular weight excluding hydrogens is 378 g/mol. The molecule has 4 aromatic rings. The summed E-state index contributed by atoms with van der Waals surface area (Å²) in [6, 6.07) is 13.0. The average molecular weight is 395 g/mol. The van der Waals surface area contributed by atoms with Crippen LogP contribution in [-0.4, -0.2) is 39.4 Å². The Balaban J connectivity index is 1.52. The minimum absolute atomic E-state index is 0.102. The number of benzene rings is 2. The van der Waals surface area contributed by atoms with Crippen molar-refractivity contribution in [1.29, 1.82) is 0 Å². The summed E-state index contributed by atoms with van der Waals surface area (Å²) in [5.41, 5.74) is 2.36. The number of nitrogens with one attached hydrogen (secondary N) is 1. The second-order valence-corrected chi connectivity index (χ2v) is 6.94. The molecule has 2 aromatic carbocycles. The highest BCUT2D eigenvalue weighted by Crippen LogP contribution is 2.32. The van der Waals surface area contributed by atoms with Crippen molar-refractivity contribution in [2.75, 3.05) is 19.0 Å². The van der Waals surface area contributed by atoms with Crippen molar-refractivity contribution >= 4 is 27.9 Å². The lowest BCUT2D eigenvalue weighted by Gasteiger charge is -2.12. The van der Waals surface area contributed by atoms with Crippen LogP contribution in [0.1, 0.15) is 5.56 Å². The molecule has 0 spiro atoms. The molecule has 0 aliphatic carbocycles. The second-order valence-electron chi connectivity index (χ2n) is 5.98. The van der Waals surface area contributed by atoms with E-state index >= 15 is 0 Å². The van der Waals surface area contributed by atoms with E-state index in [2.05, 4.69) is 20.6 Å². The number of ether oxygens (including phenoxy) is 2. The van der Waals surface area contributed by atoms with Crippen molar-refractivity contribution in [3.05, 3.63) is 54.4 Å². The number of anilines is 1. The maximum atomic E-state index is 12.4. The topological polar surface area (TPSA) is 90.6 Å². The van der Waals surface area contributed by atoms with Gasteiger partial charge in [-0.15, -0.1) is 10.2 Å². The van der Waals surface area contributed by atoms with Gasteiger partial charge < -0.3 is 14.8 Å². The molecule has 2 aromatic heterocycles. The van der Waals surface area contributed by atoms with E-state index in [-0.39, 0.29) is 12.5 Å². The van der Waals surface area contributed by atoms with Crippen molar-refractivity contribution in [1.82, 2.24) is 19.8 Å². The number of para-hydroxylation sites is 1. The lowest BCUT2D eigenvalue weighted by Crippen LogP contribution is -2.20. The Kier molecular flexibility index (Phi) is 4.90. The molecule has 28 heavy (non-hydrogen) atoms. The number of nitrogens with zero attached hydrogens (tertiary/aromatic N) is 4. The van der Waals surface area contributed by atoms with Gasteiger partial charge in [0, 0.05) is 5.56 Å². The van der Waals surface area contributed by atoms with Gasteiger partial charge in [0.15, 0.2) is 6.61 Å². The number of aryl methyl sites for hydroxylation is 1. The quantitative estimate of drug-likeness (QED) is 0.539. The van der Waals surface area contributed by atoms with Gasteiger partial charge in [0.05, 0.1) is 12.8 Å². The molecule has 0 fully saturated rings. The number of hydrogen-bond donors (Lipinski definition) is 1. The summed E-state index contributed by atoms with van der Waals surface area (Å²) in [6.07, 6.45) is 1.55. The molecule has 0 radical (unpaired) electrons. The molecule has 0 aliphatic heterocycles. The van der Waals surface area contributed by atoms with E-state index in [9.17, 15) is 4.79 Å². The molecular formula is C19H17N5O3S. The van der Waals surface area contributed by atoms with Crippen LogP contribution in [0.5, 0.6) is 11.5 Å². The Bertz CT molecular complexity index is 1110. The van der Waals surface area contributed by atoms with Crippen molar-refractivity contribution in [2.45, 2.75) is 6.92 Å². The van der Waals surface area contributed by atoms with E-state index in [0.717, 1.165) is 16.1 Å². The maximum absolute atomic E-state index is 12.4. The minimum Gasteiger partial charge on any atom is -0.495 e. The maximum Gasteiger partial charge on any atom is 0.262 e. The van der Waals surface area contributed by atoms with Gasteiger partial charge in [-0.2, -0.15) is 9.61 Å². The van der Waals surface area contributed by atoms with Crippen molar-refractivity contribution < 1.29 is 14.3 Å². The third kappa shape index (κ3) is 3.65. The Morgan fingerprint density at radius 3 is 2.86 bits per heavy atom. The lowest BCUT2D eigenvalue weighted by molar-refractivity contribution is -0.118. The van der Waals surface area contributed by atoms with E-state index in [1.165, 1.54) is 11.3 Å². The molecule has 142 valence electrons. The zero-order chi connectivity index (χ0) is 19.5. The first-order valence-corrected chi connectivity index (χ1v) is 9.29. The highest BCUT2D eigenvalue weighted by molar-refractivity contribution is 7.19. The first kappa shape index (κ1) is 17.9. The first-order chi connectivity index (χ1) is 13.6. The standard InChI is InChI=1S/C19H17N5O3S/c1-12-5-3-4-6-15(12)27-10-17(25)21-14-9-13(7-8-16(14)26-2)18-23-24-11-20-22-19(24)28-18/h3-9,11H,10H2,1-2H3,(H,21,25). The fraction of sp³-hybridized carbons (Fsp3) is 0.158. The van der Waals surface area contributed by atoms with E-state index in [4.69, 9.17) is 9.47 Å². The molecule has 0 atom stereocenters. The summed E-state index contributed by atoms with van der Waals surface area (Å²) in [5, 5.41) is 15.8. The van der Waals surface area contributed by atoms with Crippen molar-refractivity contribution in [3.63, 3.8) is 0 Å². The Labute approximate surface area is 164 Å². The summed E-state index contributed by atoms with van der Waals surface area (Å²) in [5.74, 6) is 0.950. The predicted molar refractivity (Wildman–Crippen MR) is 106 cm³/mol. The van der Waals surface area contributed by atoms with Gasteiger partial charge in [-0.25, -0.2) is 0 Å². The molecule has 0 saturated carbocycles. The Morgan fingerprint density at radius 2 is 2.07 bits per heavy atom. The molecule has 1 N–H and O–H groups in total. The van der Waals surface area contributed by atoms with E-state index in [1.54, 1.807) is 24.0 Å². The van der Waals surface area contributed by atoms with Crippen LogP contribution in [0.2, 0.25) is 0 Å². The van der Waals surface area contributed by atoms with Gasteiger partial charge in [-0.3, -0.25) is 4.79 Å². The number of fused-ring (bicyclic) bond motifs is 1. The van der Waals surface area contributed by atoms with Crippen molar-refractivity contribution in [2.24, 2.45) is 0 Å². The summed E-state index contributed by atoms with van der Waals surface area (Å²) in [6.45, 7) is 1.83. The fourth-order valence-corrected chi connectivity index (χ4v) is 3.48.